The summed E-state index contributed by atoms with van der Waals surface area (Å²) in [5.74, 6) is 0.941. The summed E-state index contributed by atoms with van der Waals surface area (Å²) in [5, 5.41) is 3.99. The second-order valence-corrected chi connectivity index (χ2v) is 5.61. The van der Waals surface area contributed by atoms with Gasteiger partial charge in [-0.1, -0.05) is 5.16 Å². The van der Waals surface area contributed by atoms with E-state index in [-0.39, 0.29) is 5.91 Å². The summed E-state index contributed by atoms with van der Waals surface area (Å²) in [6.45, 7) is 7.92. The molecule has 1 saturated heterocycles. The summed E-state index contributed by atoms with van der Waals surface area (Å²) in [6.07, 6.45) is 3.30. The van der Waals surface area contributed by atoms with Crippen molar-refractivity contribution in [2.45, 2.75) is 20.4 Å². The Bertz CT molecular complexity index is 626. The van der Waals surface area contributed by atoms with E-state index in [0.717, 1.165) is 49.7 Å². The molecule has 6 heteroatoms. The lowest BCUT2D eigenvalue weighted by Gasteiger charge is -2.34. The van der Waals surface area contributed by atoms with Crippen molar-refractivity contribution in [2.75, 3.05) is 26.2 Å². The Morgan fingerprint density at radius 2 is 2.05 bits per heavy atom. The monoisotopic (exact) mass is 300 g/mol. The van der Waals surface area contributed by atoms with Crippen LogP contribution >= 0.6 is 0 Å². The van der Waals surface area contributed by atoms with Gasteiger partial charge in [-0.15, -0.1) is 0 Å². The lowest BCUT2D eigenvalue weighted by molar-refractivity contribution is 0.0627. The minimum absolute atomic E-state index is 0.0603. The zero-order valence-electron chi connectivity index (χ0n) is 13.0. The molecule has 0 spiro atoms. The van der Waals surface area contributed by atoms with Gasteiger partial charge in [-0.2, -0.15) is 0 Å². The van der Waals surface area contributed by atoms with Crippen LogP contribution in [-0.2, 0) is 6.54 Å². The third-order valence-corrected chi connectivity index (χ3v) is 4.13. The molecule has 116 valence electrons. The summed E-state index contributed by atoms with van der Waals surface area (Å²) >= 11 is 0. The molecule has 3 rings (SSSR count). The minimum atomic E-state index is 0.0603. The second-order valence-electron chi connectivity index (χ2n) is 5.61. The van der Waals surface area contributed by atoms with Gasteiger partial charge in [-0.25, -0.2) is 0 Å². The van der Waals surface area contributed by atoms with Gasteiger partial charge in [0.15, 0.2) is 0 Å². The van der Waals surface area contributed by atoms with Crippen LogP contribution in [0.25, 0.3) is 0 Å². The summed E-state index contributed by atoms with van der Waals surface area (Å²) in [6, 6.07) is 3.60. The molecule has 1 aliphatic rings. The summed E-state index contributed by atoms with van der Waals surface area (Å²) in [4.78, 5) is 20.6. The van der Waals surface area contributed by atoms with Crippen LogP contribution in [0, 0.1) is 13.8 Å². The predicted molar refractivity (Wildman–Crippen MR) is 81.4 cm³/mol. The zero-order chi connectivity index (χ0) is 15.5. The van der Waals surface area contributed by atoms with E-state index in [4.69, 9.17) is 4.52 Å². The third kappa shape index (κ3) is 3.01. The Kier molecular flexibility index (Phi) is 4.20. The molecule has 2 aromatic rings. The second kappa shape index (κ2) is 6.27. The Morgan fingerprint density at radius 3 is 2.64 bits per heavy atom. The molecule has 6 nitrogen and oxygen atoms in total. The number of piperazine rings is 1. The molecule has 0 radical (unpaired) electrons. The molecule has 1 fully saturated rings. The number of rotatable bonds is 3. The normalized spacial score (nSPS) is 16.0. The topological polar surface area (TPSA) is 62.5 Å². The highest BCUT2D eigenvalue weighted by Crippen LogP contribution is 2.16. The molecule has 0 unspecified atom stereocenters. The average Bonchev–Trinajstić information content (AvgIpc) is 2.88. The fourth-order valence-electron chi connectivity index (χ4n) is 2.73. The first-order valence-electron chi connectivity index (χ1n) is 7.48. The number of amides is 1. The van der Waals surface area contributed by atoms with Gasteiger partial charge in [-0.3, -0.25) is 14.7 Å². The smallest absolute Gasteiger partial charge is 0.255 e. The number of pyridine rings is 1. The van der Waals surface area contributed by atoms with E-state index in [9.17, 15) is 4.79 Å². The van der Waals surface area contributed by atoms with E-state index < -0.39 is 0 Å². The van der Waals surface area contributed by atoms with Crippen molar-refractivity contribution in [3.05, 3.63) is 47.1 Å². The highest BCUT2D eigenvalue weighted by Gasteiger charge is 2.23. The van der Waals surface area contributed by atoms with Crippen LogP contribution in [0.3, 0.4) is 0 Å². The van der Waals surface area contributed by atoms with Crippen LogP contribution in [0.4, 0.5) is 0 Å². The van der Waals surface area contributed by atoms with E-state index >= 15 is 0 Å². The van der Waals surface area contributed by atoms with Gasteiger partial charge in [0.1, 0.15) is 5.76 Å². The van der Waals surface area contributed by atoms with Gasteiger partial charge in [0.25, 0.3) is 5.91 Å². The molecular formula is C16H20N4O2. The number of hydrogen-bond acceptors (Lipinski definition) is 5. The van der Waals surface area contributed by atoms with Crippen LogP contribution in [0.15, 0.2) is 29.0 Å². The Labute approximate surface area is 129 Å². The summed E-state index contributed by atoms with van der Waals surface area (Å²) < 4.78 is 5.21. The number of aryl methyl sites for hydroxylation is 2. The molecule has 0 atom stereocenters. The standard InChI is InChI=1S/C16H20N4O2/c1-12-15(13(2)22-18-12)11-19-6-8-20(9-7-19)16(21)14-4-3-5-17-10-14/h3-5,10H,6-9,11H2,1-2H3. The van der Waals surface area contributed by atoms with Gasteiger partial charge in [-0.05, 0) is 26.0 Å². The molecule has 0 aromatic carbocycles. The first kappa shape index (κ1) is 14.7. The highest BCUT2D eigenvalue weighted by atomic mass is 16.5. The van der Waals surface area contributed by atoms with Gasteiger partial charge in [0.05, 0.1) is 11.3 Å². The Hall–Kier alpha value is -2.21. The number of hydrogen-bond donors (Lipinski definition) is 0. The van der Waals surface area contributed by atoms with Crippen molar-refractivity contribution < 1.29 is 9.32 Å². The van der Waals surface area contributed by atoms with Crippen molar-refractivity contribution in [1.29, 1.82) is 0 Å². The van der Waals surface area contributed by atoms with E-state index in [1.54, 1.807) is 18.5 Å². The molecule has 0 bridgehead atoms. The molecule has 1 amide bonds. The first-order chi connectivity index (χ1) is 10.6. The average molecular weight is 300 g/mol. The Morgan fingerprint density at radius 1 is 1.27 bits per heavy atom. The van der Waals surface area contributed by atoms with E-state index in [2.05, 4.69) is 15.0 Å². The van der Waals surface area contributed by atoms with Crippen LogP contribution in [0.2, 0.25) is 0 Å². The number of carbonyl (C=O) groups excluding carboxylic acids is 1. The van der Waals surface area contributed by atoms with Crippen molar-refractivity contribution in [3.63, 3.8) is 0 Å². The molecule has 22 heavy (non-hydrogen) atoms. The molecule has 3 heterocycles. The minimum Gasteiger partial charge on any atom is -0.361 e. The molecular weight excluding hydrogens is 280 g/mol. The van der Waals surface area contributed by atoms with Crippen LogP contribution < -0.4 is 0 Å². The Balaban J connectivity index is 1.58. The lowest BCUT2D eigenvalue weighted by atomic mass is 10.1. The fraction of sp³-hybridized carbons (Fsp3) is 0.438. The first-order valence-corrected chi connectivity index (χ1v) is 7.48. The van der Waals surface area contributed by atoms with Crippen molar-refractivity contribution in [3.8, 4) is 0 Å². The molecule has 0 saturated carbocycles. The van der Waals surface area contributed by atoms with Crippen LogP contribution in [-0.4, -0.2) is 52.0 Å². The third-order valence-electron chi connectivity index (χ3n) is 4.13. The zero-order valence-corrected chi connectivity index (χ0v) is 13.0. The largest absolute Gasteiger partial charge is 0.361 e. The van der Waals surface area contributed by atoms with Gasteiger partial charge in [0, 0.05) is 50.7 Å². The summed E-state index contributed by atoms with van der Waals surface area (Å²) in [5.41, 5.74) is 2.76. The highest BCUT2D eigenvalue weighted by molar-refractivity contribution is 5.93. The van der Waals surface area contributed by atoms with Gasteiger partial charge >= 0.3 is 0 Å². The van der Waals surface area contributed by atoms with E-state index in [0.29, 0.717) is 5.56 Å². The van der Waals surface area contributed by atoms with Gasteiger partial charge < -0.3 is 9.42 Å². The SMILES string of the molecule is Cc1noc(C)c1CN1CCN(C(=O)c2cccnc2)CC1. The maximum absolute atomic E-state index is 12.4. The quantitative estimate of drug-likeness (QED) is 0.862. The number of carbonyl (C=O) groups is 1. The van der Waals surface area contributed by atoms with Crippen LogP contribution in [0.5, 0.6) is 0 Å². The fourth-order valence-corrected chi connectivity index (χ4v) is 2.73. The van der Waals surface area contributed by atoms with E-state index in [1.165, 1.54) is 0 Å². The molecule has 0 N–H and O–H groups in total. The lowest BCUT2D eigenvalue weighted by Crippen LogP contribution is -2.48. The molecule has 2 aromatic heterocycles. The molecule has 1 aliphatic heterocycles. The van der Waals surface area contributed by atoms with Gasteiger partial charge in [0.2, 0.25) is 0 Å². The van der Waals surface area contributed by atoms with Crippen LogP contribution in [0.1, 0.15) is 27.4 Å². The van der Waals surface area contributed by atoms with Crippen molar-refractivity contribution >= 4 is 5.91 Å². The summed E-state index contributed by atoms with van der Waals surface area (Å²) in [7, 11) is 0. The van der Waals surface area contributed by atoms with Crippen molar-refractivity contribution in [1.82, 2.24) is 19.9 Å². The maximum Gasteiger partial charge on any atom is 0.255 e. The molecule has 0 aliphatic carbocycles. The maximum atomic E-state index is 12.4. The number of aromatic nitrogens is 2. The number of nitrogens with zero attached hydrogens (tertiary/aromatic N) is 4. The predicted octanol–water partition coefficient (Wildman–Crippen LogP) is 1.64. The van der Waals surface area contributed by atoms with Crippen molar-refractivity contribution in [2.24, 2.45) is 0 Å². The van der Waals surface area contributed by atoms with E-state index in [1.807, 2.05) is 24.8 Å².